The Kier molecular flexibility index (Phi) is 11.3. The predicted octanol–water partition coefficient (Wildman–Crippen LogP) is 7.75. The molecule has 0 spiro atoms. The number of anilines is 2. The van der Waals surface area contributed by atoms with Crippen LogP contribution < -0.4 is 16.9 Å². The van der Waals surface area contributed by atoms with Gasteiger partial charge in [0, 0.05) is 0 Å². The molecule has 0 bridgehead atoms. The predicted molar refractivity (Wildman–Crippen MR) is 181 cm³/mol. The summed E-state index contributed by atoms with van der Waals surface area (Å²) in [6, 6.07) is 5.50. The Labute approximate surface area is 271 Å². The van der Waals surface area contributed by atoms with E-state index in [0.717, 1.165) is 0 Å². The molecule has 0 unspecified atom stereocenters. The summed E-state index contributed by atoms with van der Waals surface area (Å²) in [5.74, 6) is -3.01. The van der Waals surface area contributed by atoms with Crippen molar-refractivity contribution in [2.24, 2.45) is 0 Å². The second-order valence-electron chi connectivity index (χ2n) is 13.6. The number of hydrogen-bond donors (Lipinski definition) is 0. The van der Waals surface area contributed by atoms with Crippen LogP contribution in [0.4, 0.5) is 28.9 Å². The molecule has 0 aliphatic heterocycles. The Morgan fingerprint density at radius 1 is 0.600 bits per heavy atom. The van der Waals surface area contributed by atoms with Crippen molar-refractivity contribution in [3.63, 3.8) is 0 Å². The van der Waals surface area contributed by atoms with E-state index in [2.05, 4.69) is 39.3 Å². The van der Waals surface area contributed by atoms with Gasteiger partial charge in [0.25, 0.3) is 0 Å². The van der Waals surface area contributed by atoms with Crippen LogP contribution in [0.1, 0.15) is 0 Å². The molecule has 0 heterocycles. The molecule has 0 atom stereocenters. The second kappa shape index (κ2) is 14.3. The number of hydrogen-bond acceptors (Lipinski definition) is 4. The summed E-state index contributed by atoms with van der Waals surface area (Å²) in [6.45, 7) is 14.0. The molecule has 0 N–H and O–H groups in total. The molecule has 2 aromatic carbocycles. The van der Waals surface area contributed by atoms with Crippen molar-refractivity contribution < 1.29 is 43.6 Å². The van der Waals surface area contributed by atoms with E-state index in [-0.39, 0.29) is 19.1 Å². The van der Waals surface area contributed by atoms with Crippen LogP contribution in [0.25, 0.3) is 0 Å². The maximum atomic E-state index is 17.5. The topological polar surface area (TPSA) is 24.9 Å². The van der Waals surface area contributed by atoms with Gasteiger partial charge in [0.15, 0.2) is 0 Å². The summed E-state index contributed by atoms with van der Waals surface area (Å²) in [5, 5.41) is 0. The first-order chi connectivity index (χ1) is 21.2. The van der Waals surface area contributed by atoms with E-state index in [4.69, 9.17) is 9.47 Å². The van der Waals surface area contributed by atoms with Crippen LogP contribution in [-0.2, 0) is 26.1 Å². The van der Waals surface area contributed by atoms with Gasteiger partial charge in [-0.05, 0) is 0 Å². The van der Waals surface area contributed by atoms with Gasteiger partial charge < -0.3 is 0 Å². The fourth-order valence-electron chi connectivity index (χ4n) is 6.74. The Morgan fingerprint density at radius 3 is 1.22 bits per heavy atom. The molecule has 0 aromatic heterocycles. The third kappa shape index (κ3) is 6.92. The van der Waals surface area contributed by atoms with E-state index < -0.39 is 64.8 Å². The quantitative estimate of drug-likeness (QED) is 0.149. The zero-order valence-electron chi connectivity index (χ0n) is 27.6. The van der Waals surface area contributed by atoms with Gasteiger partial charge in [-0.25, -0.2) is 0 Å². The van der Waals surface area contributed by atoms with Crippen molar-refractivity contribution in [3.8, 4) is 0 Å². The third-order valence-electron chi connectivity index (χ3n) is 8.76. The molecular weight excluding hydrogens is 648 g/mol. The molecule has 45 heavy (non-hydrogen) atoms. The van der Waals surface area contributed by atoms with Crippen LogP contribution in [0.3, 0.4) is 0 Å². The molecule has 2 aromatic rings. The summed E-state index contributed by atoms with van der Waals surface area (Å²) < 4.78 is 81.4. The minimum atomic E-state index is -4.93. The van der Waals surface area contributed by atoms with Crippen molar-refractivity contribution >= 4 is 35.6 Å². The van der Waals surface area contributed by atoms with E-state index in [1.807, 2.05) is 57.7 Å². The third-order valence-corrected chi connectivity index (χ3v) is 21.4. The molecule has 0 radical (unpaired) electrons. The summed E-state index contributed by atoms with van der Waals surface area (Å²) >= 11 is -4.93. The Morgan fingerprint density at radius 2 is 0.933 bits per heavy atom. The number of rotatable bonds is 14. The number of ether oxygens (including phenoxy) is 2. The van der Waals surface area contributed by atoms with E-state index in [1.165, 1.54) is 24.3 Å². The van der Waals surface area contributed by atoms with Gasteiger partial charge in [-0.15, -0.1) is 0 Å². The second-order valence-corrected chi connectivity index (χ2v) is 29.7. The zero-order valence-corrected chi connectivity index (χ0v) is 31.2. The number of nitrogens with zero attached hydrogens (tertiary/aromatic N) is 2. The monoisotopic (exact) mass is 694 g/mol. The molecule has 4 nitrogen and oxygen atoms in total. The van der Waals surface area contributed by atoms with Crippen molar-refractivity contribution in [2.75, 3.05) is 49.7 Å². The molecule has 0 saturated carbocycles. The standard InChI is InChI=1S/2C12H18F2NOSi.2C5H5.Ti/c2*1-16-8-7-15(17(2,3)4)12-6-5-10(13)9-11(12)14;2*1-2-4-5-3-1;/h2*5-6H,7-8H2,1-4H3;2*1-5H;. The molecule has 4 rings (SSSR count). The van der Waals surface area contributed by atoms with E-state index in [1.54, 1.807) is 14.2 Å². The molecule has 2 aliphatic rings. The Hall–Kier alpha value is -2.21. The van der Waals surface area contributed by atoms with E-state index in [9.17, 15) is 0 Å². The summed E-state index contributed by atoms with van der Waals surface area (Å²) in [6.07, 6.45) is 14.7. The normalized spacial score (nSPS) is 15.6. The average Bonchev–Trinajstić information content (AvgIpc) is 3.69. The van der Waals surface area contributed by atoms with Crippen LogP contribution >= 0.6 is 0 Å². The van der Waals surface area contributed by atoms with Gasteiger partial charge in [-0.2, -0.15) is 0 Å². The summed E-state index contributed by atoms with van der Waals surface area (Å²) in [7, 11) is -1.28. The van der Waals surface area contributed by atoms with Gasteiger partial charge in [-0.1, -0.05) is 0 Å². The van der Waals surface area contributed by atoms with Gasteiger partial charge in [0.2, 0.25) is 0 Å². The van der Waals surface area contributed by atoms with Gasteiger partial charge in [0.05, 0.1) is 0 Å². The fourth-order valence-corrected chi connectivity index (χ4v) is 18.8. The minimum absolute atomic E-state index is 0.165. The van der Waals surface area contributed by atoms with Gasteiger partial charge >= 0.3 is 273 Å². The molecular formula is C34H46F4N2O2Si2Ti. The number of halogens is 4. The molecule has 0 amide bonds. The molecule has 0 saturated heterocycles. The average molecular weight is 695 g/mol. The molecule has 0 fully saturated rings. The van der Waals surface area contributed by atoms with Crippen molar-refractivity contribution in [2.45, 2.75) is 47.7 Å². The van der Waals surface area contributed by atoms with Gasteiger partial charge in [0.1, 0.15) is 0 Å². The van der Waals surface area contributed by atoms with Crippen molar-refractivity contribution in [1.29, 1.82) is 0 Å². The first-order valence-electron chi connectivity index (χ1n) is 15.4. The zero-order chi connectivity index (χ0) is 33.2. The van der Waals surface area contributed by atoms with Crippen LogP contribution in [0.5, 0.6) is 0 Å². The number of benzene rings is 2. The SMILES string of the molecule is COCCN(c1ccc(F)[c]([Ti]([c]2c(F)ccc(N(CCOC)[Si](C)(C)C)c2F)([CH]2C=CC=C2)[CH]2C=CC=C2)c1F)[Si](C)(C)C. The first-order valence-corrected chi connectivity index (χ1v) is 25.7. The number of methoxy groups -OCH3 is 2. The maximum absolute atomic E-state index is 17.5. The Balaban J connectivity index is 2.16. The first kappa shape index (κ1) is 35.6. The summed E-state index contributed by atoms with van der Waals surface area (Å²) in [4.78, 5) is 0. The van der Waals surface area contributed by atoms with Crippen LogP contribution in [0, 0.1) is 23.3 Å². The Bertz CT molecular complexity index is 1360. The fraction of sp³-hybridized carbons (Fsp3) is 0.412. The molecule has 11 heteroatoms. The van der Waals surface area contributed by atoms with Crippen molar-refractivity contribution in [1.82, 2.24) is 0 Å². The van der Waals surface area contributed by atoms with E-state index >= 15 is 17.6 Å². The van der Waals surface area contributed by atoms with Crippen LogP contribution in [-0.4, -0.2) is 57.0 Å². The summed E-state index contributed by atoms with van der Waals surface area (Å²) in [5.41, 5.74) is 0.491. The van der Waals surface area contributed by atoms with Gasteiger partial charge in [-0.3, -0.25) is 0 Å². The number of allylic oxidation sites excluding steroid dienone is 8. The van der Waals surface area contributed by atoms with Crippen LogP contribution in [0.2, 0.25) is 47.7 Å². The molecule has 2 aliphatic carbocycles. The van der Waals surface area contributed by atoms with E-state index in [0.29, 0.717) is 26.3 Å². The molecule has 244 valence electrons. The van der Waals surface area contributed by atoms with Crippen LogP contribution in [0.15, 0.2) is 72.9 Å². The van der Waals surface area contributed by atoms with Crippen molar-refractivity contribution in [3.05, 3.63) is 96.1 Å².